The third kappa shape index (κ3) is 4.06. The summed E-state index contributed by atoms with van der Waals surface area (Å²) in [5, 5.41) is 3.08. The minimum absolute atomic E-state index is 0.0973. The number of nitrogens with one attached hydrogen (secondary N) is 1. The Bertz CT molecular complexity index is 371. The number of hydrogen-bond acceptors (Lipinski definition) is 3. The molecule has 0 spiro atoms. The van der Waals surface area contributed by atoms with Gasteiger partial charge in [0.1, 0.15) is 5.82 Å². The highest BCUT2D eigenvalue weighted by Crippen LogP contribution is 2.18. The van der Waals surface area contributed by atoms with Crippen LogP contribution in [0.25, 0.3) is 0 Å². The molecule has 0 fully saturated rings. The first-order valence-electron chi connectivity index (χ1n) is 4.89. The normalized spacial score (nSPS) is 9.94. The molecule has 16 heavy (non-hydrogen) atoms. The lowest BCUT2D eigenvalue weighted by Crippen LogP contribution is -2.06. The van der Waals surface area contributed by atoms with Crippen molar-refractivity contribution in [1.82, 2.24) is 0 Å². The molecule has 0 saturated heterocycles. The molecule has 3 nitrogen and oxygen atoms in total. The maximum Gasteiger partial charge on any atom is 0.305 e. The topological polar surface area (TPSA) is 38.3 Å². The van der Waals surface area contributed by atoms with Gasteiger partial charge in [-0.1, -0.05) is 11.6 Å². The number of hydrogen-bond donors (Lipinski definition) is 1. The lowest BCUT2D eigenvalue weighted by molar-refractivity contribution is -0.140. The molecule has 0 heterocycles. The standard InChI is InChI=1S/C11H13ClFNO2/c1-16-11(15)3-2-6-14-8-4-5-9(12)10(13)7-8/h4-5,7,14H,2-3,6H2,1H3. The van der Waals surface area contributed by atoms with Gasteiger partial charge in [-0.05, 0) is 24.6 Å². The summed E-state index contributed by atoms with van der Waals surface area (Å²) in [5.41, 5.74) is 0.645. The van der Waals surface area contributed by atoms with E-state index in [1.165, 1.54) is 19.2 Å². The van der Waals surface area contributed by atoms with E-state index >= 15 is 0 Å². The third-order valence-electron chi connectivity index (χ3n) is 2.03. The van der Waals surface area contributed by atoms with Gasteiger partial charge in [0.05, 0.1) is 12.1 Å². The molecule has 1 rings (SSSR count). The van der Waals surface area contributed by atoms with Crippen molar-refractivity contribution in [2.75, 3.05) is 19.0 Å². The number of halogens is 2. The second-order valence-electron chi connectivity index (χ2n) is 3.24. The van der Waals surface area contributed by atoms with Gasteiger partial charge in [0.15, 0.2) is 0 Å². The van der Waals surface area contributed by atoms with E-state index < -0.39 is 5.82 Å². The van der Waals surface area contributed by atoms with Crippen LogP contribution in [-0.2, 0) is 9.53 Å². The van der Waals surface area contributed by atoms with Gasteiger partial charge >= 0.3 is 5.97 Å². The van der Waals surface area contributed by atoms with Gasteiger partial charge in [-0.2, -0.15) is 0 Å². The molecular formula is C11H13ClFNO2. The van der Waals surface area contributed by atoms with Crippen LogP contribution in [0.15, 0.2) is 18.2 Å². The average Bonchev–Trinajstić information content (AvgIpc) is 2.28. The van der Waals surface area contributed by atoms with E-state index in [1.54, 1.807) is 6.07 Å². The van der Waals surface area contributed by atoms with Crippen LogP contribution in [0, 0.1) is 5.82 Å². The zero-order valence-electron chi connectivity index (χ0n) is 8.93. The van der Waals surface area contributed by atoms with Crippen LogP contribution in [-0.4, -0.2) is 19.6 Å². The highest BCUT2D eigenvalue weighted by atomic mass is 35.5. The van der Waals surface area contributed by atoms with E-state index in [2.05, 4.69) is 10.1 Å². The van der Waals surface area contributed by atoms with Crippen LogP contribution in [0.4, 0.5) is 10.1 Å². The number of carbonyl (C=O) groups is 1. The molecule has 0 saturated carbocycles. The van der Waals surface area contributed by atoms with Gasteiger partial charge in [0, 0.05) is 18.7 Å². The van der Waals surface area contributed by atoms with E-state index in [4.69, 9.17) is 11.6 Å². The molecular weight excluding hydrogens is 233 g/mol. The van der Waals surface area contributed by atoms with Crippen LogP contribution in [0.3, 0.4) is 0 Å². The second-order valence-corrected chi connectivity index (χ2v) is 3.64. The van der Waals surface area contributed by atoms with Crippen molar-refractivity contribution in [2.24, 2.45) is 0 Å². The lowest BCUT2D eigenvalue weighted by atomic mass is 10.2. The van der Waals surface area contributed by atoms with Crippen molar-refractivity contribution in [3.63, 3.8) is 0 Å². The Balaban J connectivity index is 2.32. The molecule has 0 amide bonds. The quantitative estimate of drug-likeness (QED) is 0.640. The van der Waals surface area contributed by atoms with E-state index in [0.29, 0.717) is 25.1 Å². The predicted molar refractivity (Wildman–Crippen MR) is 61.1 cm³/mol. The molecule has 0 aliphatic heterocycles. The molecule has 0 aliphatic rings. The van der Waals surface area contributed by atoms with Crippen molar-refractivity contribution < 1.29 is 13.9 Å². The fourth-order valence-electron chi connectivity index (χ4n) is 1.17. The number of esters is 1. The first kappa shape index (κ1) is 12.8. The van der Waals surface area contributed by atoms with Crippen molar-refractivity contribution in [2.45, 2.75) is 12.8 Å². The zero-order valence-corrected chi connectivity index (χ0v) is 9.68. The zero-order chi connectivity index (χ0) is 12.0. The van der Waals surface area contributed by atoms with Gasteiger partial charge < -0.3 is 10.1 Å². The fraction of sp³-hybridized carbons (Fsp3) is 0.364. The summed E-state index contributed by atoms with van der Waals surface area (Å²) < 4.78 is 17.5. The van der Waals surface area contributed by atoms with E-state index in [0.717, 1.165) is 0 Å². The summed E-state index contributed by atoms with van der Waals surface area (Å²) in [7, 11) is 1.35. The Labute approximate surface area is 98.5 Å². The number of rotatable bonds is 5. The minimum atomic E-state index is -0.459. The largest absolute Gasteiger partial charge is 0.469 e. The van der Waals surface area contributed by atoms with Crippen molar-refractivity contribution in [3.8, 4) is 0 Å². The average molecular weight is 246 g/mol. The maximum atomic E-state index is 13.0. The number of methoxy groups -OCH3 is 1. The lowest BCUT2D eigenvalue weighted by Gasteiger charge is -2.06. The molecule has 1 N–H and O–H groups in total. The van der Waals surface area contributed by atoms with Crippen LogP contribution in [0.5, 0.6) is 0 Å². The summed E-state index contributed by atoms with van der Waals surface area (Å²) in [6.45, 7) is 0.580. The Morgan fingerprint density at radius 3 is 2.94 bits per heavy atom. The van der Waals surface area contributed by atoms with E-state index in [-0.39, 0.29) is 11.0 Å². The maximum absolute atomic E-state index is 13.0. The van der Waals surface area contributed by atoms with Crippen LogP contribution in [0.2, 0.25) is 5.02 Å². The highest BCUT2D eigenvalue weighted by Gasteiger charge is 2.01. The summed E-state index contributed by atoms with van der Waals surface area (Å²) in [6, 6.07) is 4.49. The van der Waals surface area contributed by atoms with Crippen LogP contribution in [0.1, 0.15) is 12.8 Å². The second kappa shape index (κ2) is 6.33. The molecule has 0 atom stereocenters. The van der Waals surface area contributed by atoms with Crippen LogP contribution >= 0.6 is 11.6 Å². The number of carbonyl (C=O) groups excluding carboxylic acids is 1. The molecule has 0 unspecified atom stereocenters. The monoisotopic (exact) mass is 245 g/mol. The van der Waals surface area contributed by atoms with Gasteiger partial charge in [0.2, 0.25) is 0 Å². The Morgan fingerprint density at radius 1 is 1.56 bits per heavy atom. The first-order chi connectivity index (χ1) is 7.63. The SMILES string of the molecule is COC(=O)CCCNc1ccc(Cl)c(F)c1. The van der Waals surface area contributed by atoms with Gasteiger partial charge in [0.25, 0.3) is 0 Å². The van der Waals surface area contributed by atoms with Gasteiger partial charge in [-0.25, -0.2) is 4.39 Å². The Morgan fingerprint density at radius 2 is 2.31 bits per heavy atom. The first-order valence-corrected chi connectivity index (χ1v) is 5.27. The summed E-state index contributed by atoms with van der Waals surface area (Å²) in [6.07, 6.45) is 0.983. The Kier molecular flexibility index (Phi) is 5.05. The molecule has 5 heteroatoms. The summed E-state index contributed by atoms with van der Waals surface area (Å²) >= 11 is 5.54. The minimum Gasteiger partial charge on any atom is -0.469 e. The fourth-order valence-corrected chi connectivity index (χ4v) is 1.29. The van der Waals surface area contributed by atoms with E-state index in [1.807, 2.05) is 0 Å². The van der Waals surface area contributed by atoms with E-state index in [9.17, 15) is 9.18 Å². The smallest absolute Gasteiger partial charge is 0.305 e. The molecule has 0 aliphatic carbocycles. The number of anilines is 1. The molecule has 0 bridgehead atoms. The predicted octanol–water partition coefficient (Wildman–Crippen LogP) is 2.84. The molecule has 0 radical (unpaired) electrons. The van der Waals surface area contributed by atoms with Gasteiger partial charge in [-0.3, -0.25) is 4.79 Å². The van der Waals surface area contributed by atoms with Crippen molar-refractivity contribution >= 4 is 23.3 Å². The molecule has 0 aromatic heterocycles. The Hall–Kier alpha value is -1.29. The highest BCUT2D eigenvalue weighted by molar-refractivity contribution is 6.30. The van der Waals surface area contributed by atoms with Crippen LogP contribution < -0.4 is 5.32 Å². The summed E-state index contributed by atoms with van der Waals surface area (Å²) in [5.74, 6) is -0.705. The molecule has 1 aromatic rings. The van der Waals surface area contributed by atoms with Crippen molar-refractivity contribution in [1.29, 1.82) is 0 Å². The molecule has 1 aromatic carbocycles. The third-order valence-corrected chi connectivity index (χ3v) is 2.34. The van der Waals surface area contributed by atoms with Gasteiger partial charge in [-0.15, -0.1) is 0 Å². The molecule has 88 valence electrons. The van der Waals surface area contributed by atoms with Crippen molar-refractivity contribution in [3.05, 3.63) is 29.0 Å². The number of ether oxygens (including phenoxy) is 1. The number of benzene rings is 1. The summed E-state index contributed by atoms with van der Waals surface area (Å²) in [4.78, 5) is 10.8.